The molecule has 5 heteroatoms. The van der Waals surface area contributed by atoms with Crippen LogP contribution in [0, 0.1) is 0 Å². The molecule has 3 aromatic rings. The predicted molar refractivity (Wildman–Crippen MR) is 76.0 cm³/mol. The molecule has 0 aliphatic rings. The van der Waals surface area contributed by atoms with Gasteiger partial charge >= 0.3 is 0 Å². The predicted octanol–water partition coefficient (Wildman–Crippen LogP) is 2.23. The summed E-state index contributed by atoms with van der Waals surface area (Å²) in [5.41, 5.74) is 7.86. The summed E-state index contributed by atoms with van der Waals surface area (Å²) in [6, 6.07) is 16.1. The lowest BCUT2D eigenvalue weighted by Crippen LogP contribution is -2.13. The summed E-state index contributed by atoms with van der Waals surface area (Å²) in [7, 11) is 0. The third kappa shape index (κ3) is 2.39. The van der Waals surface area contributed by atoms with E-state index in [9.17, 15) is 5.11 Å². The van der Waals surface area contributed by atoms with Crippen molar-refractivity contribution in [3.05, 3.63) is 66.0 Å². The maximum Gasteiger partial charge on any atom is 0.181 e. The van der Waals surface area contributed by atoms with E-state index < -0.39 is 0 Å². The van der Waals surface area contributed by atoms with E-state index in [0.29, 0.717) is 11.6 Å². The number of benzene rings is 2. The van der Waals surface area contributed by atoms with Crippen LogP contribution in [0.3, 0.4) is 0 Å². The summed E-state index contributed by atoms with van der Waals surface area (Å²) in [6.07, 6.45) is 0. The lowest BCUT2D eigenvalue weighted by molar-refractivity contribution is 0.475. The summed E-state index contributed by atoms with van der Waals surface area (Å²) < 4.78 is 0. The van der Waals surface area contributed by atoms with Gasteiger partial charge in [0.05, 0.1) is 6.04 Å². The van der Waals surface area contributed by atoms with Gasteiger partial charge < -0.3 is 10.8 Å². The molecule has 3 rings (SSSR count). The number of hydrogen-bond donors (Lipinski definition) is 3. The van der Waals surface area contributed by atoms with Gasteiger partial charge in [0.2, 0.25) is 0 Å². The van der Waals surface area contributed by atoms with Crippen LogP contribution in [0.1, 0.15) is 17.4 Å². The second-order valence-electron chi connectivity index (χ2n) is 4.48. The van der Waals surface area contributed by atoms with E-state index >= 15 is 0 Å². The van der Waals surface area contributed by atoms with Crippen LogP contribution in [-0.2, 0) is 0 Å². The summed E-state index contributed by atoms with van der Waals surface area (Å²) >= 11 is 0. The van der Waals surface area contributed by atoms with Gasteiger partial charge in [-0.05, 0) is 17.7 Å². The van der Waals surface area contributed by atoms with Gasteiger partial charge in [-0.15, -0.1) is 0 Å². The van der Waals surface area contributed by atoms with Crippen molar-refractivity contribution in [1.82, 2.24) is 15.2 Å². The number of hydrogen-bond acceptors (Lipinski definition) is 4. The lowest BCUT2D eigenvalue weighted by atomic mass is 10.1. The molecule has 0 saturated carbocycles. The first-order valence-electron chi connectivity index (χ1n) is 6.26. The molecular formula is C15H14N4O. The van der Waals surface area contributed by atoms with Crippen molar-refractivity contribution in [2.75, 3.05) is 0 Å². The van der Waals surface area contributed by atoms with Crippen molar-refractivity contribution in [3.63, 3.8) is 0 Å². The van der Waals surface area contributed by atoms with E-state index in [1.807, 2.05) is 36.4 Å². The number of nitrogens with one attached hydrogen (secondary N) is 1. The van der Waals surface area contributed by atoms with Gasteiger partial charge in [-0.2, -0.15) is 5.10 Å². The SMILES string of the molecule is N[C@H](c1ccccc1)c1nc(-c2cccc(O)c2)n[nH]1. The highest BCUT2D eigenvalue weighted by Crippen LogP contribution is 2.22. The van der Waals surface area contributed by atoms with Crippen molar-refractivity contribution in [2.45, 2.75) is 6.04 Å². The summed E-state index contributed by atoms with van der Waals surface area (Å²) in [6.45, 7) is 0. The smallest absolute Gasteiger partial charge is 0.181 e. The first-order chi connectivity index (χ1) is 9.74. The fourth-order valence-electron chi connectivity index (χ4n) is 2.01. The highest BCUT2D eigenvalue weighted by Gasteiger charge is 2.14. The Hall–Kier alpha value is -2.66. The average molecular weight is 266 g/mol. The summed E-state index contributed by atoms with van der Waals surface area (Å²) in [4.78, 5) is 4.40. The average Bonchev–Trinajstić information content (AvgIpc) is 2.97. The van der Waals surface area contributed by atoms with Crippen LogP contribution in [0.25, 0.3) is 11.4 Å². The van der Waals surface area contributed by atoms with E-state index in [2.05, 4.69) is 15.2 Å². The van der Waals surface area contributed by atoms with Crippen molar-refractivity contribution < 1.29 is 5.11 Å². The van der Waals surface area contributed by atoms with Crippen molar-refractivity contribution in [2.24, 2.45) is 5.73 Å². The Kier molecular flexibility index (Phi) is 3.18. The topological polar surface area (TPSA) is 87.8 Å². The molecule has 5 nitrogen and oxygen atoms in total. The Labute approximate surface area is 116 Å². The van der Waals surface area contributed by atoms with Gasteiger partial charge in [-0.1, -0.05) is 42.5 Å². The molecule has 4 N–H and O–H groups in total. The number of aromatic amines is 1. The number of phenolic OH excluding ortho intramolecular Hbond substituents is 1. The van der Waals surface area contributed by atoms with Crippen LogP contribution >= 0.6 is 0 Å². The molecule has 0 aliphatic carbocycles. The van der Waals surface area contributed by atoms with Gasteiger partial charge in [0.1, 0.15) is 11.6 Å². The van der Waals surface area contributed by atoms with Gasteiger partial charge in [0, 0.05) is 5.56 Å². The highest BCUT2D eigenvalue weighted by atomic mass is 16.3. The number of nitrogens with zero attached hydrogens (tertiary/aromatic N) is 2. The summed E-state index contributed by atoms with van der Waals surface area (Å²) in [5, 5.41) is 16.5. The summed E-state index contributed by atoms with van der Waals surface area (Å²) in [5.74, 6) is 1.29. The van der Waals surface area contributed by atoms with E-state index in [1.165, 1.54) is 0 Å². The Balaban J connectivity index is 1.91. The zero-order valence-corrected chi connectivity index (χ0v) is 10.7. The van der Waals surface area contributed by atoms with Crippen molar-refractivity contribution in [3.8, 4) is 17.1 Å². The fourth-order valence-corrected chi connectivity index (χ4v) is 2.01. The fraction of sp³-hybridized carbons (Fsp3) is 0.0667. The first-order valence-corrected chi connectivity index (χ1v) is 6.26. The van der Waals surface area contributed by atoms with E-state index in [-0.39, 0.29) is 11.8 Å². The molecule has 1 heterocycles. The quantitative estimate of drug-likeness (QED) is 0.678. The second kappa shape index (κ2) is 5.14. The van der Waals surface area contributed by atoms with Gasteiger partial charge in [0.15, 0.2) is 5.82 Å². The van der Waals surface area contributed by atoms with Crippen molar-refractivity contribution in [1.29, 1.82) is 0 Å². The molecule has 0 saturated heterocycles. The first kappa shape index (κ1) is 12.4. The molecule has 100 valence electrons. The molecule has 0 amide bonds. The van der Waals surface area contributed by atoms with Crippen LogP contribution in [0.4, 0.5) is 0 Å². The molecule has 0 radical (unpaired) electrons. The Morgan fingerprint density at radius 2 is 1.85 bits per heavy atom. The van der Waals surface area contributed by atoms with Crippen LogP contribution in [0.5, 0.6) is 5.75 Å². The monoisotopic (exact) mass is 266 g/mol. The molecule has 20 heavy (non-hydrogen) atoms. The molecule has 2 aromatic carbocycles. The molecule has 0 bridgehead atoms. The molecular weight excluding hydrogens is 252 g/mol. The number of aromatic hydroxyl groups is 1. The molecule has 0 spiro atoms. The van der Waals surface area contributed by atoms with E-state index in [1.54, 1.807) is 18.2 Å². The molecule has 0 unspecified atom stereocenters. The van der Waals surface area contributed by atoms with Crippen LogP contribution in [-0.4, -0.2) is 20.3 Å². The standard InChI is InChI=1S/C15H14N4O/c16-13(10-5-2-1-3-6-10)15-17-14(18-19-15)11-7-4-8-12(20)9-11/h1-9,13,20H,16H2,(H,17,18,19)/t13-/m1/s1. The maximum absolute atomic E-state index is 9.48. The number of nitrogens with two attached hydrogens (primary N) is 1. The number of aromatic nitrogens is 3. The van der Waals surface area contributed by atoms with Crippen LogP contribution < -0.4 is 5.73 Å². The Morgan fingerprint density at radius 1 is 1.05 bits per heavy atom. The third-order valence-electron chi connectivity index (χ3n) is 3.06. The minimum atomic E-state index is -0.352. The number of phenols is 1. The minimum Gasteiger partial charge on any atom is -0.508 e. The van der Waals surface area contributed by atoms with Crippen LogP contribution in [0.15, 0.2) is 54.6 Å². The highest BCUT2D eigenvalue weighted by molar-refractivity contribution is 5.57. The molecule has 0 aliphatic heterocycles. The Bertz CT molecular complexity index is 709. The zero-order chi connectivity index (χ0) is 13.9. The molecule has 0 fully saturated rings. The van der Waals surface area contributed by atoms with E-state index in [4.69, 9.17) is 5.73 Å². The minimum absolute atomic E-state index is 0.182. The number of H-pyrrole nitrogens is 1. The second-order valence-corrected chi connectivity index (χ2v) is 4.48. The third-order valence-corrected chi connectivity index (χ3v) is 3.06. The lowest BCUT2D eigenvalue weighted by Gasteiger charge is -2.07. The van der Waals surface area contributed by atoms with Gasteiger partial charge in [0.25, 0.3) is 0 Å². The number of rotatable bonds is 3. The van der Waals surface area contributed by atoms with E-state index in [0.717, 1.165) is 11.1 Å². The van der Waals surface area contributed by atoms with Gasteiger partial charge in [-0.25, -0.2) is 4.98 Å². The maximum atomic E-state index is 9.48. The Morgan fingerprint density at radius 3 is 2.60 bits per heavy atom. The normalized spacial score (nSPS) is 12.2. The van der Waals surface area contributed by atoms with Crippen molar-refractivity contribution >= 4 is 0 Å². The molecule has 1 aromatic heterocycles. The largest absolute Gasteiger partial charge is 0.508 e. The van der Waals surface area contributed by atoms with Crippen LogP contribution in [0.2, 0.25) is 0 Å². The molecule has 1 atom stereocenters. The zero-order valence-electron chi connectivity index (χ0n) is 10.7. The van der Waals surface area contributed by atoms with Gasteiger partial charge in [-0.3, -0.25) is 5.10 Å².